The second-order valence-electron chi connectivity index (χ2n) is 6.03. The largest absolute Gasteiger partial charge is 0.378 e. The molecule has 1 aromatic heterocycles. The molecule has 114 valence electrons. The van der Waals surface area contributed by atoms with Crippen LogP contribution < -0.4 is 4.90 Å². The maximum Gasteiger partial charge on any atom is 0.136 e. The molecule has 4 nitrogen and oxygen atoms in total. The van der Waals surface area contributed by atoms with Crippen LogP contribution in [0.15, 0.2) is 24.3 Å². The summed E-state index contributed by atoms with van der Waals surface area (Å²) in [6, 6.07) is 8.67. The average molecular weight is 295 g/mol. The molecule has 1 saturated heterocycles. The van der Waals surface area contributed by atoms with E-state index in [1.165, 1.54) is 16.7 Å². The fraction of sp³-hybridized carbons (Fsp3) is 0.444. The minimum absolute atomic E-state index is 0.786. The molecule has 1 fully saturated rings. The predicted molar refractivity (Wildman–Crippen MR) is 87.3 cm³/mol. The van der Waals surface area contributed by atoms with Gasteiger partial charge in [0.2, 0.25) is 0 Å². The van der Waals surface area contributed by atoms with Crippen LogP contribution in [0.2, 0.25) is 0 Å². The number of benzene rings is 1. The van der Waals surface area contributed by atoms with Gasteiger partial charge in [0.1, 0.15) is 11.6 Å². The number of nitrogens with zero attached hydrogens (tertiary/aromatic N) is 3. The summed E-state index contributed by atoms with van der Waals surface area (Å²) in [5, 5.41) is 0. The lowest BCUT2D eigenvalue weighted by Gasteiger charge is -2.30. The van der Waals surface area contributed by atoms with Crippen molar-refractivity contribution in [3.8, 4) is 11.3 Å². The van der Waals surface area contributed by atoms with Crippen molar-refractivity contribution in [2.75, 3.05) is 31.2 Å². The quantitative estimate of drug-likeness (QED) is 0.811. The van der Waals surface area contributed by atoms with E-state index in [9.17, 15) is 0 Å². The third kappa shape index (κ3) is 2.37. The molecular weight excluding hydrogens is 274 g/mol. The van der Waals surface area contributed by atoms with E-state index >= 15 is 0 Å². The van der Waals surface area contributed by atoms with E-state index in [1.807, 2.05) is 6.92 Å². The number of ether oxygens (including phenoxy) is 1. The molecule has 0 N–H and O–H groups in total. The van der Waals surface area contributed by atoms with Gasteiger partial charge in [-0.05, 0) is 31.7 Å². The molecular formula is C18H21N3O. The third-order valence-corrected chi connectivity index (χ3v) is 4.55. The first kappa shape index (κ1) is 13.7. The van der Waals surface area contributed by atoms with E-state index in [2.05, 4.69) is 29.2 Å². The highest BCUT2D eigenvalue weighted by molar-refractivity contribution is 5.72. The van der Waals surface area contributed by atoms with Crippen molar-refractivity contribution in [1.82, 2.24) is 9.97 Å². The van der Waals surface area contributed by atoms with E-state index in [0.29, 0.717) is 0 Å². The zero-order valence-corrected chi connectivity index (χ0v) is 13.0. The lowest BCUT2D eigenvalue weighted by atomic mass is 10.0. The van der Waals surface area contributed by atoms with E-state index < -0.39 is 0 Å². The van der Waals surface area contributed by atoms with Crippen molar-refractivity contribution < 1.29 is 4.74 Å². The van der Waals surface area contributed by atoms with Crippen LogP contribution in [0, 0.1) is 6.92 Å². The maximum atomic E-state index is 5.49. The van der Waals surface area contributed by atoms with Crippen LogP contribution in [0.1, 0.15) is 23.4 Å². The smallest absolute Gasteiger partial charge is 0.136 e. The second kappa shape index (κ2) is 5.69. The van der Waals surface area contributed by atoms with E-state index in [4.69, 9.17) is 14.7 Å². The molecule has 0 amide bonds. The Kier molecular flexibility index (Phi) is 3.54. The van der Waals surface area contributed by atoms with Crippen LogP contribution in [0.4, 0.5) is 5.82 Å². The lowest BCUT2D eigenvalue weighted by Crippen LogP contribution is -2.37. The summed E-state index contributed by atoms with van der Waals surface area (Å²) < 4.78 is 5.49. The molecule has 0 saturated carbocycles. The Hall–Kier alpha value is -1.94. The number of aryl methyl sites for hydroxylation is 2. The molecule has 0 spiro atoms. The first-order valence-corrected chi connectivity index (χ1v) is 8.11. The van der Waals surface area contributed by atoms with Gasteiger partial charge >= 0.3 is 0 Å². The van der Waals surface area contributed by atoms with Gasteiger partial charge in [0, 0.05) is 24.2 Å². The lowest BCUT2D eigenvalue weighted by molar-refractivity contribution is 0.122. The molecule has 1 aliphatic carbocycles. The molecule has 2 aromatic rings. The molecule has 1 aliphatic heterocycles. The highest BCUT2D eigenvalue weighted by Gasteiger charge is 2.23. The van der Waals surface area contributed by atoms with Crippen molar-refractivity contribution in [1.29, 1.82) is 0 Å². The average Bonchev–Trinajstić information content (AvgIpc) is 2.75. The van der Waals surface area contributed by atoms with E-state index in [0.717, 1.165) is 62.9 Å². The van der Waals surface area contributed by atoms with Gasteiger partial charge in [-0.25, -0.2) is 9.97 Å². The van der Waals surface area contributed by atoms with Crippen molar-refractivity contribution in [3.05, 3.63) is 41.2 Å². The van der Waals surface area contributed by atoms with E-state index in [1.54, 1.807) is 0 Å². The summed E-state index contributed by atoms with van der Waals surface area (Å²) in [5.41, 5.74) is 5.15. The molecule has 4 rings (SSSR count). The number of hydrogen-bond donors (Lipinski definition) is 0. The highest BCUT2D eigenvalue weighted by Crippen LogP contribution is 2.35. The molecule has 0 radical (unpaired) electrons. The predicted octanol–water partition coefficient (Wildman–Crippen LogP) is 2.78. The molecule has 0 bridgehead atoms. The van der Waals surface area contributed by atoms with Gasteiger partial charge in [-0.15, -0.1) is 0 Å². The zero-order chi connectivity index (χ0) is 14.9. The summed E-state index contributed by atoms with van der Waals surface area (Å²) >= 11 is 0. The van der Waals surface area contributed by atoms with Gasteiger partial charge in [0.05, 0.1) is 18.9 Å². The molecule has 1 aromatic carbocycles. The van der Waals surface area contributed by atoms with E-state index in [-0.39, 0.29) is 0 Å². The second-order valence-corrected chi connectivity index (χ2v) is 6.03. The molecule has 22 heavy (non-hydrogen) atoms. The van der Waals surface area contributed by atoms with Gasteiger partial charge in [-0.2, -0.15) is 0 Å². The van der Waals surface area contributed by atoms with Crippen molar-refractivity contribution in [2.24, 2.45) is 0 Å². The van der Waals surface area contributed by atoms with Crippen molar-refractivity contribution in [2.45, 2.75) is 26.2 Å². The van der Waals surface area contributed by atoms with Crippen LogP contribution in [0.5, 0.6) is 0 Å². The van der Waals surface area contributed by atoms with Crippen LogP contribution in [-0.2, 0) is 17.6 Å². The Morgan fingerprint density at radius 2 is 1.86 bits per heavy atom. The summed E-state index contributed by atoms with van der Waals surface area (Å²) in [5.74, 6) is 1.99. The van der Waals surface area contributed by atoms with Crippen LogP contribution in [0.3, 0.4) is 0 Å². The molecule has 0 unspecified atom stereocenters. The maximum absolute atomic E-state index is 5.49. The number of aromatic nitrogens is 2. The number of fused-ring (bicyclic) bond motifs is 3. The number of morpholine rings is 1. The van der Waals surface area contributed by atoms with Gasteiger partial charge in [0.15, 0.2) is 0 Å². The summed E-state index contributed by atoms with van der Waals surface area (Å²) in [7, 11) is 0. The zero-order valence-electron chi connectivity index (χ0n) is 13.0. The minimum atomic E-state index is 0.786. The Bertz CT molecular complexity index is 693. The summed E-state index contributed by atoms with van der Waals surface area (Å²) in [4.78, 5) is 12.0. The number of rotatable bonds is 1. The molecule has 0 atom stereocenters. The third-order valence-electron chi connectivity index (χ3n) is 4.55. The summed E-state index contributed by atoms with van der Waals surface area (Å²) in [6.07, 6.45) is 3.33. The van der Waals surface area contributed by atoms with Crippen molar-refractivity contribution >= 4 is 5.82 Å². The Morgan fingerprint density at radius 1 is 1.05 bits per heavy atom. The Morgan fingerprint density at radius 3 is 2.73 bits per heavy atom. The standard InChI is InChI=1S/C18H21N3O/c1-13-19-17-15-7-3-2-5-14(15)6-4-8-16(17)18(20-13)21-9-11-22-12-10-21/h2-3,5,7H,4,6,8-12H2,1H3. The van der Waals surface area contributed by atoms with Crippen LogP contribution >= 0.6 is 0 Å². The van der Waals surface area contributed by atoms with Gasteiger partial charge < -0.3 is 9.64 Å². The molecule has 2 aliphatic rings. The topological polar surface area (TPSA) is 38.2 Å². The Labute approximate surface area is 131 Å². The minimum Gasteiger partial charge on any atom is -0.378 e. The fourth-order valence-corrected chi connectivity index (χ4v) is 3.50. The van der Waals surface area contributed by atoms with Gasteiger partial charge in [0.25, 0.3) is 0 Å². The van der Waals surface area contributed by atoms with Crippen LogP contribution in [0.25, 0.3) is 11.3 Å². The van der Waals surface area contributed by atoms with Gasteiger partial charge in [-0.1, -0.05) is 24.3 Å². The first-order valence-electron chi connectivity index (χ1n) is 8.11. The SMILES string of the molecule is Cc1nc2c(c(N3CCOCC3)n1)CCCc1ccccc1-2. The normalized spacial score (nSPS) is 17.6. The monoisotopic (exact) mass is 295 g/mol. The number of anilines is 1. The highest BCUT2D eigenvalue weighted by atomic mass is 16.5. The molecule has 2 heterocycles. The molecule has 4 heteroatoms. The first-order chi connectivity index (χ1) is 10.8. The number of hydrogen-bond acceptors (Lipinski definition) is 4. The van der Waals surface area contributed by atoms with Crippen LogP contribution in [-0.4, -0.2) is 36.3 Å². The van der Waals surface area contributed by atoms with Gasteiger partial charge in [-0.3, -0.25) is 0 Å². The summed E-state index contributed by atoms with van der Waals surface area (Å²) in [6.45, 7) is 5.41. The van der Waals surface area contributed by atoms with Crippen molar-refractivity contribution in [3.63, 3.8) is 0 Å². The fourth-order valence-electron chi connectivity index (χ4n) is 3.50. The Balaban J connectivity index is 1.88.